The van der Waals surface area contributed by atoms with Crippen LogP contribution in [0, 0.1) is 0 Å². The summed E-state index contributed by atoms with van der Waals surface area (Å²) in [6, 6.07) is 13.5. The van der Waals surface area contributed by atoms with Crippen LogP contribution < -0.4 is 10.6 Å². The predicted octanol–water partition coefficient (Wildman–Crippen LogP) is 3.46. The molecule has 0 fully saturated rings. The quantitative estimate of drug-likeness (QED) is 0.464. The van der Waals surface area contributed by atoms with Gasteiger partial charge in [0.05, 0.1) is 18.4 Å². The molecule has 2 aromatic heterocycles. The maximum Gasteiger partial charge on any atom is 0.337 e. The Morgan fingerprint density at radius 1 is 1.03 bits per heavy atom. The van der Waals surface area contributed by atoms with Gasteiger partial charge < -0.3 is 10.1 Å². The fourth-order valence-corrected chi connectivity index (χ4v) is 3.77. The highest BCUT2D eigenvalue weighted by atomic mass is 32.1. The number of carbonyl (C=O) groups is 3. The minimum atomic E-state index is -0.524. The van der Waals surface area contributed by atoms with E-state index in [4.69, 9.17) is 0 Å². The molecule has 2 N–H and O–H groups in total. The molecule has 0 aliphatic heterocycles. The zero-order chi connectivity index (χ0) is 22.0. The number of rotatable bonds is 5. The molecule has 0 aliphatic rings. The Hall–Kier alpha value is -4.05. The second-order valence-corrected chi connectivity index (χ2v) is 7.37. The second-order valence-electron chi connectivity index (χ2n) is 6.54. The van der Waals surface area contributed by atoms with E-state index < -0.39 is 11.9 Å². The maximum atomic E-state index is 12.6. The number of benzene rings is 2. The number of esters is 1. The molecule has 31 heavy (non-hydrogen) atoms. The minimum Gasteiger partial charge on any atom is -0.465 e. The Balaban J connectivity index is 1.56. The van der Waals surface area contributed by atoms with Crippen molar-refractivity contribution in [3.63, 3.8) is 0 Å². The van der Waals surface area contributed by atoms with E-state index in [1.807, 2.05) is 17.5 Å². The van der Waals surface area contributed by atoms with Gasteiger partial charge in [0.1, 0.15) is 0 Å². The van der Waals surface area contributed by atoms with E-state index in [-0.39, 0.29) is 23.0 Å². The molecule has 0 spiro atoms. The lowest BCUT2D eigenvalue weighted by Crippen LogP contribution is -2.14. The van der Waals surface area contributed by atoms with Crippen molar-refractivity contribution in [2.75, 3.05) is 17.7 Å². The molecule has 0 bridgehead atoms. The molecule has 0 radical (unpaired) electrons. The first-order chi connectivity index (χ1) is 14.9. The average Bonchev–Trinajstić information content (AvgIpc) is 3.33. The molecule has 2 amide bonds. The molecule has 9 nitrogen and oxygen atoms in total. The number of fused-ring (bicyclic) bond motifs is 1. The first-order valence-electron chi connectivity index (χ1n) is 9.16. The number of anilines is 2. The monoisotopic (exact) mass is 435 g/mol. The average molecular weight is 435 g/mol. The van der Waals surface area contributed by atoms with Gasteiger partial charge in [-0.3, -0.25) is 14.9 Å². The molecule has 0 unspecified atom stereocenters. The second kappa shape index (κ2) is 8.36. The summed E-state index contributed by atoms with van der Waals surface area (Å²) >= 11 is 1.38. The van der Waals surface area contributed by atoms with E-state index in [1.165, 1.54) is 31.4 Å². The molecule has 0 saturated heterocycles. The number of ether oxygens (including phenoxy) is 1. The number of nitrogens with one attached hydrogen (secondary N) is 2. The highest BCUT2D eigenvalue weighted by Crippen LogP contribution is 2.27. The molecule has 4 aromatic rings. The van der Waals surface area contributed by atoms with Crippen LogP contribution in [-0.4, -0.2) is 39.5 Å². The van der Waals surface area contributed by atoms with Crippen molar-refractivity contribution in [2.45, 2.75) is 6.92 Å². The molecule has 0 saturated carbocycles. The van der Waals surface area contributed by atoms with Gasteiger partial charge in [0.15, 0.2) is 0 Å². The number of hydrogen-bond donors (Lipinski definition) is 2. The summed E-state index contributed by atoms with van der Waals surface area (Å²) < 4.78 is 6.32. The van der Waals surface area contributed by atoms with Gasteiger partial charge in [0.2, 0.25) is 10.9 Å². The predicted molar refractivity (Wildman–Crippen MR) is 116 cm³/mol. The Morgan fingerprint density at radius 2 is 1.77 bits per heavy atom. The molecular weight excluding hydrogens is 418 g/mol. The summed E-state index contributed by atoms with van der Waals surface area (Å²) in [5.74, 6) is -0.953. The number of carbonyl (C=O) groups excluding carboxylic acids is 3. The van der Waals surface area contributed by atoms with Crippen LogP contribution in [0.2, 0.25) is 0 Å². The zero-order valence-electron chi connectivity index (χ0n) is 16.6. The van der Waals surface area contributed by atoms with Crippen molar-refractivity contribution in [1.29, 1.82) is 0 Å². The Labute approximate surface area is 180 Å². The lowest BCUT2D eigenvalue weighted by molar-refractivity contribution is -0.114. The number of amides is 2. The van der Waals surface area contributed by atoms with Gasteiger partial charge in [-0.05, 0) is 30.3 Å². The van der Waals surface area contributed by atoms with Crippen LogP contribution >= 0.6 is 11.3 Å². The fourth-order valence-electron chi connectivity index (χ4n) is 2.94. The largest absolute Gasteiger partial charge is 0.465 e. The molecule has 10 heteroatoms. The highest BCUT2D eigenvalue weighted by molar-refractivity contribution is 7.15. The third-order valence-electron chi connectivity index (χ3n) is 4.35. The summed E-state index contributed by atoms with van der Waals surface area (Å²) in [7, 11) is 1.28. The van der Waals surface area contributed by atoms with Gasteiger partial charge in [0.25, 0.3) is 11.9 Å². The number of nitrogens with zero attached hydrogens (tertiary/aromatic N) is 3. The van der Waals surface area contributed by atoms with E-state index in [0.717, 1.165) is 11.3 Å². The van der Waals surface area contributed by atoms with Gasteiger partial charge >= 0.3 is 5.97 Å². The number of aromatic nitrogens is 3. The lowest BCUT2D eigenvalue weighted by atomic mass is 10.1. The first-order valence-corrected chi connectivity index (χ1v) is 10.0. The molecule has 2 heterocycles. The van der Waals surface area contributed by atoms with Crippen molar-refractivity contribution < 1.29 is 19.1 Å². The normalized spacial score (nSPS) is 10.6. The van der Waals surface area contributed by atoms with Crippen LogP contribution in [0.25, 0.3) is 16.2 Å². The van der Waals surface area contributed by atoms with Crippen LogP contribution in [-0.2, 0) is 9.53 Å². The smallest absolute Gasteiger partial charge is 0.337 e. The van der Waals surface area contributed by atoms with Gasteiger partial charge in [-0.2, -0.15) is 4.98 Å². The maximum absolute atomic E-state index is 12.6. The van der Waals surface area contributed by atoms with Crippen LogP contribution in [0.15, 0.2) is 53.9 Å². The molecule has 0 atom stereocenters. The van der Waals surface area contributed by atoms with E-state index in [0.29, 0.717) is 10.6 Å². The molecule has 156 valence electrons. The third-order valence-corrected chi connectivity index (χ3v) is 5.17. The fraction of sp³-hybridized carbons (Fsp3) is 0.0952. The van der Waals surface area contributed by atoms with Gasteiger partial charge in [-0.15, -0.1) is 16.4 Å². The summed E-state index contributed by atoms with van der Waals surface area (Å²) in [4.78, 5) is 40.4. The summed E-state index contributed by atoms with van der Waals surface area (Å²) in [6.07, 6.45) is 0. The Morgan fingerprint density at radius 3 is 2.48 bits per heavy atom. The summed E-state index contributed by atoms with van der Waals surface area (Å²) in [5, 5.41) is 11.7. The first kappa shape index (κ1) is 20.2. The lowest BCUT2D eigenvalue weighted by Gasteiger charge is -2.04. The van der Waals surface area contributed by atoms with E-state index in [1.54, 1.807) is 34.8 Å². The van der Waals surface area contributed by atoms with E-state index in [9.17, 15) is 14.4 Å². The van der Waals surface area contributed by atoms with Crippen molar-refractivity contribution in [2.24, 2.45) is 0 Å². The number of hydrogen-bond acceptors (Lipinski definition) is 7. The van der Waals surface area contributed by atoms with Crippen LogP contribution in [0.3, 0.4) is 0 Å². The van der Waals surface area contributed by atoms with Crippen molar-refractivity contribution in [3.8, 4) is 11.3 Å². The molecule has 4 rings (SSSR count). The zero-order valence-corrected chi connectivity index (χ0v) is 17.4. The standard InChI is InChI=1S/C21H17N5O4S/c1-12(27)22-16-8-6-13(7-9-16)17-11-31-21-24-20(25-26(17)21)23-18(28)14-4-3-5-15(10-14)19(29)30-2/h3-11H,1-2H3,(H,22,27)(H,23,25,28). The Kier molecular flexibility index (Phi) is 5.46. The van der Waals surface area contributed by atoms with Gasteiger partial charge in [-0.1, -0.05) is 18.2 Å². The highest BCUT2D eigenvalue weighted by Gasteiger charge is 2.16. The van der Waals surface area contributed by atoms with Crippen molar-refractivity contribution in [3.05, 3.63) is 65.0 Å². The topological polar surface area (TPSA) is 115 Å². The number of methoxy groups -OCH3 is 1. The van der Waals surface area contributed by atoms with Crippen molar-refractivity contribution >= 4 is 45.7 Å². The van der Waals surface area contributed by atoms with Crippen LogP contribution in [0.1, 0.15) is 27.6 Å². The van der Waals surface area contributed by atoms with E-state index >= 15 is 0 Å². The number of thiazole rings is 1. The Bertz CT molecular complexity index is 1290. The summed E-state index contributed by atoms with van der Waals surface area (Å²) in [5.41, 5.74) is 2.95. The molecular formula is C21H17N5O4S. The minimum absolute atomic E-state index is 0.139. The van der Waals surface area contributed by atoms with Crippen LogP contribution in [0.5, 0.6) is 0 Å². The van der Waals surface area contributed by atoms with Gasteiger partial charge in [0, 0.05) is 29.1 Å². The van der Waals surface area contributed by atoms with Gasteiger partial charge in [-0.25, -0.2) is 9.31 Å². The summed E-state index contributed by atoms with van der Waals surface area (Å²) in [6.45, 7) is 1.45. The SMILES string of the molecule is COC(=O)c1cccc(C(=O)Nc2nc3scc(-c4ccc(NC(C)=O)cc4)n3n2)c1. The van der Waals surface area contributed by atoms with Crippen LogP contribution in [0.4, 0.5) is 11.6 Å². The third kappa shape index (κ3) is 4.28. The van der Waals surface area contributed by atoms with E-state index in [2.05, 4.69) is 25.5 Å². The van der Waals surface area contributed by atoms with Crippen molar-refractivity contribution in [1.82, 2.24) is 14.6 Å². The molecule has 0 aliphatic carbocycles. The molecule has 2 aromatic carbocycles.